The van der Waals surface area contributed by atoms with Crippen LogP contribution in [0.2, 0.25) is 0 Å². The molecule has 14 nitrogen and oxygen atoms in total. The van der Waals surface area contributed by atoms with Gasteiger partial charge in [-0.15, -0.1) is 0 Å². The zero-order chi connectivity index (χ0) is 40.6. The third-order valence-electron chi connectivity index (χ3n) is 16.2. The normalized spacial score (nSPS) is 52.6. The third kappa shape index (κ3) is 7.65. The van der Waals surface area contributed by atoms with Crippen LogP contribution in [0.25, 0.3) is 0 Å². The van der Waals surface area contributed by atoms with Crippen LogP contribution in [0.3, 0.4) is 0 Å². The summed E-state index contributed by atoms with van der Waals surface area (Å²) >= 11 is 0. The Morgan fingerprint density at radius 1 is 0.754 bits per heavy atom. The standard InChI is InChI=1S/C43H66O14/c1-21-38(48)33(54-24(4)44)19-37(51-21)57-40-23(3)53-36(18-32(40)46)56-39-22(2)52-35(17-31(39)45)55-27-9-12-41(5)26(16-27)7-8-30-29(41)10-13-42(6)28(11-14-43(30,42)49)25-15-34(47)50-20-25/h15,21-23,26-33,35-40,45-46,48-49H,7-14,16-20H2,1-6H3/t21?,22?,23?,26-,27+,28-,29+,30-,31?,32?,33?,35?,36?,37?,38?,39?,40?,41+,42-,43+/m1/s1. The molecule has 0 aromatic rings. The molecular weight excluding hydrogens is 740 g/mol. The Hall–Kier alpha value is -1.72. The van der Waals surface area contributed by atoms with Crippen molar-refractivity contribution in [1.82, 2.24) is 0 Å². The van der Waals surface area contributed by atoms with E-state index in [1.54, 1.807) is 19.9 Å². The van der Waals surface area contributed by atoms with Crippen LogP contribution in [0.1, 0.15) is 119 Å². The molecule has 4 saturated carbocycles. The van der Waals surface area contributed by atoms with Gasteiger partial charge in [-0.25, -0.2) is 4.79 Å². The van der Waals surface area contributed by atoms with Gasteiger partial charge in [0.15, 0.2) is 18.9 Å². The van der Waals surface area contributed by atoms with Crippen LogP contribution >= 0.6 is 0 Å². The van der Waals surface area contributed by atoms with Gasteiger partial charge in [-0.3, -0.25) is 4.79 Å². The third-order valence-corrected chi connectivity index (χ3v) is 16.2. The molecule has 8 aliphatic rings. The Balaban J connectivity index is 0.819. The lowest BCUT2D eigenvalue weighted by Gasteiger charge is -2.64. The second-order valence-corrected chi connectivity index (χ2v) is 19.3. The molecule has 0 radical (unpaired) electrons. The highest BCUT2D eigenvalue weighted by Crippen LogP contribution is 2.70. The summed E-state index contributed by atoms with van der Waals surface area (Å²) in [5.41, 5.74) is 0.189. The van der Waals surface area contributed by atoms with Gasteiger partial charge in [0.2, 0.25) is 0 Å². The first kappa shape index (κ1) is 42.0. The van der Waals surface area contributed by atoms with Crippen LogP contribution in [-0.2, 0) is 47.5 Å². The molecule has 7 fully saturated rings. The molecule has 8 rings (SSSR count). The number of rotatable bonds is 8. The molecule has 4 N–H and O–H groups in total. The SMILES string of the molecule is CC(=O)OC1CC(OC2C(O)CC(OC3C(O)CC(O[C@H]4CC[C@@]5(C)[C@H](CC[C@@H]6[C@@H]5CC[C@]5(C)[C@@H](C7=CC(=O)OC7)CC[C@]65O)C4)OC3C)OC2C)OC(C)C1O. The van der Waals surface area contributed by atoms with E-state index in [0.717, 1.165) is 63.4 Å². The summed E-state index contributed by atoms with van der Waals surface area (Å²) < 4.78 is 47.8. The van der Waals surface area contributed by atoms with E-state index in [-0.39, 0.29) is 54.0 Å². The Labute approximate surface area is 336 Å². The number of carbonyl (C=O) groups excluding carboxylic acids is 2. The highest BCUT2D eigenvalue weighted by molar-refractivity contribution is 5.85. The van der Waals surface area contributed by atoms with Crippen LogP contribution in [0.5, 0.6) is 0 Å². The van der Waals surface area contributed by atoms with E-state index in [2.05, 4.69) is 13.8 Å². The van der Waals surface area contributed by atoms with Gasteiger partial charge in [-0.1, -0.05) is 13.8 Å². The molecule has 57 heavy (non-hydrogen) atoms. The average molecular weight is 807 g/mol. The zero-order valence-electron chi connectivity index (χ0n) is 34.5. The van der Waals surface area contributed by atoms with Crippen molar-refractivity contribution >= 4 is 11.9 Å². The molecule has 322 valence electrons. The summed E-state index contributed by atoms with van der Waals surface area (Å²) in [6.45, 7) is 11.7. The van der Waals surface area contributed by atoms with Gasteiger partial charge < -0.3 is 58.3 Å². The summed E-state index contributed by atoms with van der Waals surface area (Å²) in [5, 5.41) is 45.4. The van der Waals surface area contributed by atoms with E-state index < -0.39 is 85.4 Å². The monoisotopic (exact) mass is 806 g/mol. The Kier molecular flexibility index (Phi) is 11.8. The van der Waals surface area contributed by atoms with Crippen molar-refractivity contribution in [3.63, 3.8) is 0 Å². The average Bonchev–Trinajstić information content (AvgIpc) is 3.69. The lowest BCUT2D eigenvalue weighted by Crippen LogP contribution is -2.62. The van der Waals surface area contributed by atoms with E-state index in [0.29, 0.717) is 18.4 Å². The maximum absolute atomic E-state index is 12.6. The Morgan fingerprint density at radius 2 is 1.39 bits per heavy atom. The summed E-state index contributed by atoms with van der Waals surface area (Å²) in [6.07, 6.45) is 1.76. The van der Waals surface area contributed by atoms with Gasteiger partial charge in [-0.05, 0) is 113 Å². The number of fused-ring (bicyclic) bond motifs is 5. The summed E-state index contributed by atoms with van der Waals surface area (Å²) in [4.78, 5) is 23.5. The van der Waals surface area contributed by atoms with Crippen molar-refractivity contribution in [2.24, 2.45) is 34.5 Å². The number of hydrogen-bond acceptors (Lipinski definition) is 14. The zero-order valence-corrected chi connectivity index (χ0v) is 34.5. The molecule has 12 unspecified atom stereocenters. The largest absolute Gasteiger partial charge is 0.459 e. The van der Waals surface area contributed by atoms with Gasteiger partial charge in [-0.2, -0.15) is 0 Å². The summed E-state index contributed by atoms with van der Waals surface area (Å²) in [6, 6.07) is 0. The van der Waals surface area contributed by atoms with Crippen LogP contribution in [0.4, 0.5) is 0 Å². The smallest absolute Gasteiger partial charge is 0.331 e. The lowest BCUT2D eigenvalue weighted by molar-refractivity contribution is -0.336. The number of esters is 2. The first-order valence-corrected chi connectivity index (χ1v) is 21.7. The lowest BCUT2D eigenvalue weighted by atomic mass is 9.43. The fourth-order valence-corrected chi connectivity index (χ4v) is 13.1. The second kappa shape index (κ2) is 16.0. The summed E-state index contributed by atoms with van der Waals surface area (Å²) in [7, 11) is 0. The maximum Gasteiger partial charge on any atom is 0.331 e. The van der Waals surface area contributed by atoms with Crippen molar-refractivity contribution in [3.05, 3.63) is 11.6 Å². The van der Waals surface area contributed by atoms with Crippen LogP contribution in [0.15, 0.2) is 11.6 Å². The van der Waals surface area contributed by atoms with Gasteiger partial charge in [0.25, 0.3) is 0 Å². The summed E-state index contributed by atoms with van der Waals surface area (Å²) in [5.74, 6) is 0.591. The van der Waals surface area contributed by atoms with E-state index in [4.69, 9.17) is 37.9 Å². The highest BCUT2D eigenvalue weighted by Gasteiger charge is 2.68. The predicted octanol–water partition coefficient (Wildman–Crippen LogP) is 3.82. The van der Waals surface area contributed by atoms with E-state index in [1.807, 2.05) is 6.92 Å². The van der Waals surface area contributed by atoms with Crippen LogP contribution in [-0.4, -0.2) is 124 Å². The molecule has 3 saturated heterocycles. The number of aliphatic hydroxyl groups is 4. The maximum atomic E-state index is 12.6. The fourth-order valence-electron chi connectivity index (χ4n) is 13.1. The molecule has 0 amide bonds. The fraction of sp³-hybridized carbons (Fsp3) is 0.907. The molecule has 4 aliphatic carbocycles. The first-order chi connectivity index (χ1) is 27.0. The molecule has 0 spiro atoms. The second-order valence-electron chi connectivity index (χ2n) is 19.3. The van der Waals surface area contributed by atoms with Crippen molar-refractivity contribution < 1.29 is 67.9 Å². The van der Waals surface area contributed by atoms with E-state index in [9.17, 15) is 30.0 Å². The van der Waals surface area contributed by atoms with Crippen molar-refractivity contribution in [3.8, 4) is 0 Å². The molecular formula is C43H66O14. The number of ether oxygens (including phenoxy) is 8. The minimum absolute atomic E-state index is 0.0134. The van der Waals surface area contributed by atoms with Crippen molar-refractivity contribution in [2.45, 2.75) is 204 Å². The van der Waals surface area contributed by atoms with Gasteiger partial charge in [0.05, 0.1) is 42.2 Å². The Bertz CT molecular complexity index is 1500. The number of hydrogen-bond donors (Lipinski definition) is 4. The van der Waals surface area contributed by atoms with Crippen LogP contribution < -0.4 is 0 Å². The van der Waals surface area contributed by atoms with E-state index >= 15 is 0 Å². The topological polar surface area (TPSA) is 189 Å². The van der Waals surface area contributed by atoms with Gasteiger partial charge in [0.1, 0.15) is 31.0 Å². The van der Waals surface area contributed by atoms with E-state index in [1.165, 1.54) is 6.92 Å². The molecule has 0 bridgehead atoms. The highest BCUT2D eigenvalue weighted by atomic mass is 16.7. The molecule has 4 heterocycles. The van der Waals surface area contributed by atoms with Crippen LogP contribution in [0, 0.1) is 34.5 Å². The number of aliphatic hydroxyl groups excluding tert-OH is 3. The minimum atomic E-state index is -0.992. The molecule has 20 atom stereocenters. The van der Waals surface area contributed by atoms with Gasteiger partial charge >= 0.3 is 11.9 Å². The quantitative estimate of drug-likeness (QED) is 0.205. The molecule has 14 heteroatoms. The number of cyclic esters (lactones) is 1. The molecule has 0 aromatic heterocycles. The first-order valence-electron chi connectivity index (χ1n) is 21.7. The van der Waals surface area contributed by atoms with Crippen molar-refractivity contribution in [2.75, 3.05) is 6.61 Å². The minimum Gasteiger partial charge on any atom is -0.459 e. The molecule has 0 aromatic carbocycles. The Morgan fingerprint density at radius 3 is 2.00 bits per heavy atom. The molecule has 4 aliphatic heterocycles. The van der Waals surface area contributed by atoms with Crippen molar-refractivity contribution in [1.29, 1.82) is 0 Å². The van der Waals surface area contributed by atoms with Gasteiger partial charge in [0, 0.05) is 37.7 Å². The predicted molar refractivity (Wildman–Crippen MR) is 201 cm³/mol. The number of carbonyl (C=O) groups is 2.